The van der Waals surface area contributed by atoms with Crippen molar-refractivity contribution in [1.29, 1.82) is 0 Å². The summed E-state index contributed by atoms with van der Waals surface area (Å²) in [6.45, 7) is 3.16. The molecule has 1 aliphatic heterocycles. The Morgan fingerprint density at radius 2 is 2.00 bits per heavy atom. The second-order valence-electron chi connectivity index (χ2n) is 6.38. The number of fused-ring (bicyclic) bond motifs is 1. The van der Waals surface area contributed by atoms with Crippen molar-refractivity contribution in [1.82, 2.24) is 9.97 Å². The van der Waals surface area contributed by atoms with Crippen molar-refractivity contribution in [3.05, 3.63) is 65.7 Å². The smallest absolute Gasteiger partial charge is 0.139 e. The Hall–Kier alpha value is -2.53. The van der Waals surface area contributed by atoms with Crippen LogP contribution in [0.5, 0.6) is 0 Å². The van der Waals surface area contributed by atoms with E-state index in [0.717, 1.165) is 22.3 Å². The van der Waals surface area contributed by atoms with Crippen molar-refractivity contribution in [3.8, 4) is 0 Å². The van der Waals surface area contributed by atoms with Gasteiger partial charge in [0, 0.05) is 18.0 Å². The minimum Gasteiger partial charge on any atom is -0.383 e. The molecular weight excluding hydrogens is 305 g/mol. The van der Waals surface area contributed by atoms with Gasteiger partial charge in [-0.1, -0.05) is 24.3 Å². The van der Waals surface area contributed by atoms with E-state index in [0.29, 0.717) is 25.0 Å². The van der Waals surface area contributed by atoms with Crippen molar-refractivity contribution in [2.24, 2.45) is 0 Å². The maximum atomic E-state index is 13.4. The fourth-order valence-electron chi connectivity index (χ4n) is 3.56. The predicted molar refractivity (Wildman–Crippen MR) is 91.4 cm³/mol. The van der Waals surface area contributed by atoms with E-state index in [9.17, 15) is 9.50 Å². The van der Waals surface area contributed by atoms with E-state index in [-0.39, 0.29) is 5.82 Å². The third-order valence-corrected chi connectivity index (χ3v) is 4.77. The molecule has 0 spiro atoms. The van der Waals surface area contributed by atoms with E-state index in [4.69, 9.17) is 0 Å². The molecule has 1 fully saturated rings. The summed E-state index contributed by atoms with van der Waals surface area (Å²) in [5.41, 5.74) is 1.71. The summed E-state index contributed by atoms with van der Waals surface area (Å²) in [4.78, 5) is 10.6. The normalized spacial score (nSPS) is 20.7. The number of anilines is 1. The quantitative estimate of drug-likeness (QED) is 0.787. The van der Waals surface area contributed by atoms with Gasteiger partial charge in [0.15, 0.2) is 0 Å². The molecule has 1 atom stereocenters. The minimum absolute atomic E-state index is 0.315. The maximum absolute atomic E-state index is 13.4. The number of aliphatic hydroxyl groups is 1. The molecule has 5 heteroatoms. The summed E-state index contributed by atoms with van der Waals surface area (Å²) in [6, 6.07) is 12.4. The molecular formula is C19H18FN3O. The highest BCUT2D eigenvalue weighted by atomic mass is 19.1. The molecule has 1 aliphatic rings. The molecule has 4 nitrogen and oxygen atoms in total. The number of rotatable bonds is 2. The number of aromatic nitrogens is 2. The zero-order valence-corrected chi connectivity index (χ0v) is 13.4. The van der Waals surface area contributed by atoms with Crippen LogP contribution < -0.4 is 4.90 Å². The van der Waals surface area contributed by atoms with Gasteiger partial charge in [-0.2, -0.15) is 0 Å². The molecule has 1 N–H and O–H groups in total. The highest BCUT2D eigenvalue weighted by Gasteiger charge is 2.39. The average Bonchev–Trinajstić information content (AvgIpc) is 2.97. The van der Waals surface area contributed by atoms with Gasteiger partial charge in [0.2, 0.25) is 0 Å². The second-order valence-corrected chi connectivity index (χ2v) is 6.38. The number of hydrogen-bond acceptors (Lipinski definition) is 4. The van der Waals surface area contributed by atoms with Gasteiger partial charge in [0.1, 0.15) is 23.6 Å². The number of nitrogens with zero attached hydrogens (tertiary/aromatic N) is 3. The number of β-amino-alcohol motifs (C(OH)–C–C–N with tert-alkyl or cyclic N) is 1. The van der Waals surface area contributed by atoms with Gasteiger partial charge in [0.05, 0.1) is 12.1 Å². The van der Waals surface area contributed by atoms with Crippen LogP contribution in [0.1, 0.15) is 17.5 Å². The minimum atomic E-state index is -0.900. The maximum Gasteiger partial charge on any atom is 0.139 e. The third kappa shape index (κ3) is 2.41. The Morgan fingerprint density at radius 1 is 1.17 bits per heavy atom. The molecule has 122 valence electrons. The number of benzene rings is 2. The molecule has 2 heterocycles. The zero-order valence-electron chi connectivity index (χ0n) is 13.4. The topological polar surface area (TPSA) is 49.2 Å². The highest BCUT2D eigenvalue weighted by Crippen LogP contribution is 2.37. The first-order valence-electron chi connectivity index (χ1n) is 8.00. The van der Waals surface area contributed by atoms with Crippen LogP contribution >= 0.6 is 0 Å². The van der Waals surface area contributed by atoms with Crippen LogP contribution in [-0.2, 0) is 5.60 Å². The summed E-state index contributed by atoms with van der Waals surface area (Å²) in [5, 5.41) is 11.9. The summed E-state index contributed by atoms with van der Waals surface area (Å²) >= 11 is 0. The van der Waals surface area contributed by atoms with Crippen LogP contribution in [0.4, 0.5) is 10.2 Å². The molecule has 24 heavy (non-hydrogen) atoms. The van der Waals surface area contributed by atoms with E-state index < -0.39 is 5.60 Å². The molecule has 0 amide bonds. The monoisotopic (exact) mass is 323 g/mol. The molecule has 0 aliphatic carbocycles. The van der Waals surface area contributed by atoms with Crippen molar-refractivity contribution < 1.29 is 9.50 Å². The Labute approximate surface area is 139 Å². The molecule has 3 aromatic rings. The fraction of sp³-hybridized carbons (Fsp3) is 0.263. The average molecular weight is 323 g/mol. The van der Waals surface area contributed by atoms with Gasteiger partial charge >= 0.3 is 0 Å². The molecule has 1 saturated heterocycles. The predicted octanol–water partition coefficient (Wildman–Crippen LogP) is 3.18. The first kappa shape index (κ1) is 15.0. The Balaban J connectivity index is 1.72. The van der Waals surface area contributed by atoms with Gasteiger partial charge in [-0.3, -0.25) is 0 Å². The molecule has 0 radical (unpaired) electrons. The van der Waals surface area contributed by atoms with E-state index in [2.05, 4.69) is 9.97 Å². The van der Waals surface area contributed by atoms with Crippen LogP contribution in [-0.4, -0.2) is 28.2 Å². The summed E-state index contributed by atoms with van der Waals surface area (Å²) in [5.74, 6) is 0.425. The van der Waals surface area contributed by atoms with Gasteiger partial charge in [-0.05, 0) is 36.6 Å². The number of hydrogen-bond donors (Lipinski definition) is 1. The van der Waals surface area contributed by atoms with Crippen molar-refractivity contribution in [3.63, 3.8) is 0 Å². The lowest BCUT2D eigenvalue weighted by Gasteiger charge is -2.26. The third-order valence-electron chi connectivity index (χ3n) is 4.77. The molecule has 0 bridgehead atoms. The first-order valence-corrected chi connectivity index (χ1v) is 8.00. The molecule has 4 rings (SSSR count). The lowest BCUT2D eigenvalue weighted by molar-refractivity contribution is 0.0600. The lowest BCUT2D eigenvalue weighted by atomic mass is 9.89. The number of halogens is 1. The van der Waals surface area contributed by atoms with E-state index in [1.807, 2.05) is 36.1 Å². The van der Waals surface area contributed by atoms with Crippen molar-refractivity contribution in [2.45, 2.75) is 18.9 Å². The van der Waals surface area contributed by atoms with Crippen LogP contribution in [0.2, 0.25) is 0 Å². The van der Waals surface area contributed by atoms with Gasteiger partial charge in [-0.25, -0.2) is 14.4 Å². The molecule has 0 saturated carbocycles. The molecule has 1 aromatic heterocycles. The van der Waals surface area contributed by atoms with Crippen LogP contribution in [0, 0.1) is 12.7 Å². The van der Waals surface area contributed by atoms with Crippen LogP contribution in [0.3, 0.4) is 0 Å². The first-order chi connectivity index (χ1) is 11.6. The van der Waals surface area contributed by atoms with Gasteiger partial charge in [-0.15, -0.1) is 0 Å². The molecule has 2 aromatic carbocycles. The largest absolute Gasteiger partial charge is 0.383 e. The van der Waals surface area contributed by atoms with Crippen LogP contribution in [0.25, 0.3) is 10.9 Å². The van der Waals surface area contributed by atoms with E-state index >= 15 is 0 Å². The van der Waals surface area contributed by atoms with Gasteiger partial charge < -0.3 is 10.0 Å². The van der Waals surface area contributed by atoms with E-state index in [1.165, 1.54) is 18.5 Å². The van der Waals surface area contributed by atoms with Crippen LogP contribution in [0.15, 0.2) is 48.8 Å². The summed E-state index contributed by atoms with van der Waals surface area (Å²) < 4.78 is 13.4. The zero-order chi connectivity index (χ0) is 16.7. The van der Waals surface area contributed by atoms with Gasteiger partial charge in [0.25, 0.3) is 0 Å². The summed E-state index contributed by atoms with van der Waals surface area (Å²) in [7, 11) is 0. The van der Waals surface area contributed by atoms with Crippen molar-refractivity contribution >= 4 is 16.7 Å². The molecule has 0 unspecified atom stereocenters. The SMILES string of the molecule is Cc1ccccc1[C@@]1(O)CCN(c2ncnc3cc(F)ccc23)C1. The highest BCUT2D eigenvalue weighted by molar-refractivity contribution is 5.89. The standard InChI is InChI=1S/C19H18FN3O/c1-13-4-2-3-5-16(13)19(24)8-9-23(11-19)18-15-7-6-14(20)10-17(15)21-12-22-18/h2-7,10,12,24H,8-9,11H2,1H3/t19-/m1/s1. The fourth-order valence-corrected chi connectivity index (χ4v) is 3.56. The summed E-state index contributed by atoms with van der Waals surface area (Å²) in [6.07, 6.45) is 2.08. The Kier molecular flexibility index (Phi) is 3.46. The Bertz CT molecular complexity index is 914. The lowest BCUT2D eigenvalue weighted by Crippen LogP contribution is -2.31. The second kappa shape index (κ2) is 5.53. The van der Waals surface area contributed by atoms with E-state index in [1.54, 1.807) is 6.07 Å². The van der Waals surface area contributed by atoms with Crippen molar-refractivity contribution in [2.75, 3.05) is 18.0 Å². The Morgan fingerprint density at radius 3 is 2.83 bits per heavy atom. The number of aryl methyl sites for hydroxylation is 1.